The van der Waals surface area contributed by atoms with E-state index in [1.54, 1.807) is 0 Å². The van der Waals surface area contributed by atoms with Crippen LogP contribution >= 0.6 is 0 Å². The molecule has 0 unspecified atom stereocenters. The summed E-state index contributed by atoms with van der Waals surface area (Å²) in [7, 11) is 0. The molecule has 0 bridgehead atoms. The van der Waals surface area contributed by atoms with Gasteiger partial charge in [0.15, 0.2) is 0 Å². The van der Waals surface area contributed by atoms with E-state index < -0.39 is 0 Å². The standard InChI is InChI=1S/C11H19N5O/c1-7(2)9-13-10(15-14-9)11(17)16-5-4-12-6-8(16)3/h7-8,12H,4-6H2,1-3H3,(H,13,14,15)/t8-/m0/s1. The molecule has 1 aliphatic heterocycles. The van der Waals surface area contributed by atoms with E-state index in [0.29, 0.717) is 6.54 Å². The van der Waals surface area contributed by atoms with Crippen molar-refractivity contribution < 1.29 is 4.79 Å². The van der Waals surface area contributed by atoms with Gasteiger partial charge in [-0.15, -0.1) is 5.10 Å². The number of nitrogens with zero attached hydrogens (tertiary/aromatic N) is 3. The minimum atomic E-state index is -0.0813. The smallest absolute Gasteiger partial charge is 0.293 e. The summed E-state index contributed by atoms with van der Waals surface area (Å²) in [4.78, 5) is 18.3. The molecule has 1 amide bonds. The summed E-state index contributed by atoms with van der Waals surface area (Å²) in [6, 6.07) is 0.192. The highest BCUT2D eigenvalue weighted by atomic mass is 16.2. The molecule has 2 heterocycles. The fourth-order valence-electron chi connectivity index (χ4n) is 1.90. The zero-order chi connectivity index (χ0) is 12.4. The predicted octanol–water partition coefficient (Wildman–Crippen LogP) is 0.362. The lowest BCUT2D eigenvalue weighted by atomic mass is 10.2. The Morgan fingerprint density at radius 1 is 1.53 bits per heavy atom. The number of carbonyl (C=O) groups is 1. The van der Waals surface area contributed by atoms with Crippen molar-refractivity contribution in [3.63, 3.8) is 0 Å². The molecule has 1 fully saturated rings. The zero-order valence-corrected chi connectivity index (χ0v) is 10.5. The Hall–Kier alpha value is -1.43. The average Bonchev–Trinajstić information content (AvgIpc) is 2.78. The fraction of sp³-hybridized carbons (Fsp3) is 0.727. The maximum Gasteiger partial charge on any atom is 0.293 e. The third-order valence-electron chi connectivity index (χ3n) is 3.00. The molecule has 0 saturated carbocycles. The van der Waals surface area contributed by atoms with Crippen LogP contribution in [0.3, 0.4) is 0 Å². The van der Waals surface area contributed by atoms with Gasteiger partial charge in [0.2, 0.25) is 5.82 Å². The zero-order valence-electron chi connectivity index (χ0n) is 10.5. The highest BCUT2D eigenvalue weighted by Gasteiger charge is 2.26. The number of H-pyrrole nitrogens is 1. The highest BCUT2D eigenvalue weighted by molar-refractivity contribution is 5.90. The molecule has 17 heavy (non-hydrogen) atoms. The average molecular weight is 237 g/mol. The summed E-state index contributed by atoms with van der Waals surface area (Å²) in [5, 5.41) is 10.1. The predicted molar refractivity (Wildman–Crippen MR) is 63.8 cm³/mol. The minimum Gasteiger partial charge on any atom is -0.331 e. The van der Waals surface area contributed by atoms with Gasteiger partial charge in [-0.25, -0.2) is 4.98 Å². The molecule has 0 radical (unpaired) electrons. The van der Waals surface area contributed by atoms with E-state index >= 15 is 0 Å². The molecule has 2 N–H and O–H groups in total. The highest BCUT2D eigenvalue weighted by Crippen LogP contribution is 2.11. The third-order valence-corrected chi connectivity index (χ3v) is 3.00. The lowest BCUT2D eigenvalue weighted by Crippen LogP contribution is -2.52. The summed E-state index contributed by atoms with van der Waals surface area (Å²) < 4.78 is 0. The van der Waals surface area contributed by atoms with Gasteiger partial charge in [-0.1, -0.05) is 13.8 Å². The molecule has 1 saturated heterocycles. The van der Waals surface area contributed by atoms with Crippen molar-refractivity contribution in [2.24, 2.45) is 0 Å². The normalized spacial score (nSPS) is 20.9. The van der Waals surface area contributed by atoms with E-state index in [2.05, 4.69) is 20.5 Å². The molecular weight excluding hydrogens is 218 g/mol. The number of hydrogen-bond donors (Lipinski definition) is 2. The van der Waals surface area contributed by atoms with Crippen molar-refractivity contribution >= 4 is 5.91 Å². The van der Waals surface area contributed by atoms with Crippen LogP contribution in [0.4, 0.5) is 0 Å². The number of rotatable bonds is 2. The first-order chi connectivity index (χ1) is 8.09. The topological polar surface area (TPSA) is 73.9 Å². The second-order valence-corrected chi connectivity index (χ2v) is 4.75. The summed E-state index contributed by atoms with van der Waals surface area (Å²) in [6.07, 6.45) is 0. The Kier molecular flexibility index (Phi) is 3.42. The molecule has 0 spiro atoms. The Morgan fingerprint density at radius 2 is 2.29 bits per heavy atom. The van der Waals surface area contributed by atoms with E-state index in [0.717, 1.165) is 18.9 Å². The van der Waals surface area contributed by atoms with Crippen LogP contribution in [0.15, 0.2) is 0 Å². The molecule has 6 nitrogen and oxygen atoms in total. The van der Waals surface area contributed by atoms with Gasteiger partial charge in [-0.2, -0.15) is 0 Å². The van der Waals surface area contributed by atoms with E-state index in [4.69, 9.17) is 0 Å². The number of aromatic nitrogens is 3. The number of amides is 1. The van der Waals surface area contributed by atoms with Gasteiger partial charge in [0.05, 0.1) is 0 Å². The number of carbonyl (C=O) groups excluding carboxylic acids is 1. The lowest BCUT2D eigenvalue weighted by molar-refractivity contribution is 0.0643. The molecule has 0 aromatic carbocycles. The van der Waals surface area contributed by atoms with Gasteiger partial charge < -0.3 is 10.2 Å². The monoisotopic (exact) mass is 237 g/mol. The van der Waals surface area contributed by atoms with Crippen LogP contribution in [-0.4, -0.2) is 51.7 Å². The number of aromatic amines is 1. The summed E-state index contributed by atoms with van der Waals surface area (Å²) in [5.74, 6) is 1.21. The lowest BCUT2D eigenvalue weighted by Gasteiger charge is -2.33. The SMILES string of the molecule is CC(C)c1nc(C(=O)N2CCNC[C@@H]2C)n[nH]1. The molecule has 1 aromatic rings. The largest absolute Gasteiger partial charge is 0.331 e. The van der Waals surface area contributed by atoms with Crippen molar-refractivity contribution in [1.82, 2.24) is 25.4 Å². The Morgan fingerprint density at radius 3 is 2.88 bits per heavy atom. The molecule has 1 aliphatic rings. The first-order valence-electron chi connectivity index (χ1n) is 6.03. The maximum absolute atomic E-state index is 12.2. The van der Waals surface area contributed by atoms with Gasteiger partial charge in [-0.05, 0) is 6.92 Å². The van der Waals surface area contributed by atoms with E-state index in [9.17, 15) is 4.79 Å². The van der Waals surface area contributed by atoms with E-state index in [-0.39, 0.29) is 23.7 Å². The molecule has 6 heteroatoms. The van der Waals surface area contributed by atoms with Gasteiger partial charge in [-0.3, -0.25) is 9.89 Å². The molecule has 0 aliphatic carbocycles. The first-order valence-corrected chi connectivity index (χ1v) is 6.03. The van der Waals surface area contributed by atoms with Crippen LogP contribution in [0, 0.1) is 0 Å². The summed E-state index contributed by atoms with van der Waals surface area (Å²) in [5.41, 5.74) is 0. The van der Waals surface area contributed by atoms with Gasteiger partial charge in [0, 0.05) is 31.6 Å². The van der Waals surface area contributed by atoms with Crippen LogP contribution < -0.4 is 5.32 Å². The molecule has 1 aromatic heterocycles. The van der Waals surface area contributed by atoms with Gasteiger partial charge in [0.25, 0.3) is 5.91 Å². The number of hydrogen-bond acceptors (Lipinski definition) is 4. The fourth-order valence-corrected chi connectivity index (χ4v) is 1.90. The molecular formula is C11H19N5O. The summed E-state index contributed by atoms with van der Waals surface area (Å²) >= 11 is 0. The number of piperazine rings is 1. The Bertz CT molecular complexity index is 400. The Balaban J connectivity index is 2.12. The third kappa shape index (κ3) is 2.46. The van der Waals surface area contributed by atoms with Crippen molar-refractivity contribution in [1.29, 1.82) is 0 Å². The van der Waals surface area contributed by atoms with Crippen molar-refractivity contribution in [3.8, 4) is 0 Å². The van der Waals surface area contributed by atoms with Crippen molar-refractivity contribution in [2.75, 3.05) is 19.6 Å². The quantitative estimate of drug-likeness (QED) is 0.779. The Labute approximate surface area is 101 Å². The van der Waals surface area contributed by atoms with Crippen molar-refractivity contribution in [3.05, 3.63) is 11.6 Å². The minimum absolute atomic E-state index is 0.0813. The first kappa shape index (κ1) is 12.0. The summed E-state index contributed by atoms with van der Waals surface area (Å²) in [6.45, 7) is 8.43. The molecule has 1 atom stereocenters. The van der Waals surface area contributed by atoms with Crippen LogP contribution in [0.2, 0.25) is 0 Å². The van der Waals surface area contributed by atoms with Crippen LogP contribution in [0.5, 0.6) is 0 Å². The van der Waals surface area contributed by atoms with E-state index in [1.807, 2.05) is 25.7 Å². The van der Waals surface area contributed by atoms with Gasteiger partial charge >= 0.3 is 0 Å². The maximum atomic E-state index is 12.2. The second-order valence-electron chi connectivity index (χ2n) is 4.75. The van der Waals surface area contributed by atoms with Crippen molar-refractivity contribution in [2.45, 2.75) is 32.7 Å². The van der Waals surface area contributed by atoms with Crippen LogP contribution in [0.25, 0.3) is 0 Å². The van der Waals surface area contributed by atoms with E-state index in [1.165, 1.54) is 0 Å². The van der Waals surface area contributed by atoms with Gasteiger partial charge in [0.1, 0.15) is 5.82 Å². The van der Waals surface area contributed by atoms with Crippen LogP contribution in [0.1, 0.15) is 43.1 Å². The molecule has 2 rings (SSSR count). The second kappa shape index (κ2) is 4.83. The van der Waals surface area contributed by atoms with Crippen LogP contribution in [-0.2, 0) is 0 Å². The number of nitrogens with one attached hydrogen (secondary N) is 2. The molecule has 94 valence electrons.